The number of hydrogen-bond donors (Lipinski definition) is 0. The van der Waals surface area contributed by atoms with E-state index in [-0.39, 0.29) is 0 Å². The van der Waals surface area contributed by atoms with Crippen LogP contribution in [0.1, 0.15) is 0 Å². The molecule has 11 rings (SSSR count). The van der Waals surface area contributed by atoms with Crippen molar-refractivity contribution in [1.82, 2.24) is 0 Å². The molecule has 0 saturated carbocycles. The largest absolute Gasteiger partial charge is 0.456 e. The Labute approximate surface area is 317 Å². The molecule has 0 N–H and O–H groups in total. The number of hydrogen-bond acceptors (Lipinski definition) is 3. The van der Waals surface area contributed by atoms with Gasteiger partial charge in [-0.2, -0.15) is 0 Å². The van der Waals surface area contributed by atoms with Gasteiger partial charge in [-0.25, -0.2) is 0 Å². The zero-order chi connectivity index (χ0) is 36.3. The number of nitrogens with zero attached hydrogens (tertiary/aromatic N) is 1. The van der Waals surface area contributed by atoms with Crippen LogP contribution in [0.3, 0.4) is 0 Å². The third-order valence-electron chi connectivity index (χ3n) is 10.8. The minimum Gasteiger partial charge on any atom is -0.456 e. The molecule has 9 aromatic carbocycles. The Morgan fingerprint density at radius 3 is 1.75 bits per heavy atom. The van der Waals surface area contributed by atoms with Gasteiger partial charge in [0.15, 0.2) is 5.58 Å². The highest BCUT2D eigenvalue weighted by molar-refractivity contribution is 6.13. The summed E-state index contributed by atoms with van der Waals surface area (Å²) in [6.07, 6.45) is 0. The van der Waals surface area contributed by atoms with Crippen molar-refractivity contribution in [3.63, 3.8) is 0 Å². The summed E-state index contributed by atoms with van der Waals surface area (Å²) in [5, 5.41) is 6.85. The lowest BCUT2D eigenvalue weighted by Gasteiger charge is -2.26. The molecule has 258 valence electrons. The van der Waals surface area contributed by atoms with Gasteiger partial charge in [0, 0.05) is 33.3 Å². The number of benzene rings is 9. The number of anilines is 3. The lowest BCUT2D eigenvalue weighted by atomic mass is 9.95. The number of furan rings is 2. The minimum absolute atomic E-state index is 0.831. The molecule has 0 unspecified atom stereocenters. The Bertz CT molecular complexity index is 3200. The molecular formula is C52H33NO2. The van der Waals surface area contributed by atoms with Crippen molar-refractivity contribution in [2.24, 2.45) is 0 Å². The van der Waals surface area contributed by atoms with Crippen LogP contribution >= 0.6 is 0 Å². The van der Waals surface area contributed by atoms with Crippen LogP contribution in [0.2, 0.25) is 0 Å². The molecule has 3 heteroatoms. The molecule has 0 amide bonds. The molecule has 0 aliphatic rings. The standard InChI is InChI=1S/C52H33NO2/c1-2-12-34(13-3-1)39-31-47-45-20-7-9-23-50(45)55-52(47)48(32-39)53(41-28-29-46-44-19-6-8-22-49(44)54-51(46)33-41)40-26-24-35(25-27-40)37-16-10-17-38(30-37)43-21-11-15-36-14-4-5-18-42(36)43/h1-33H. The normalized spacial score (nSPS) is 11.6. The molecule has 0 spiro atoms. The van der Waals surface area contributed by atoms with Crippen molar-refractivity contribution < 1.29 is 8.83 Å². The highest BCUT2D eigenvalue weighted by Gasteiger charge is 2.22. The van der Waals surface area contributed by atoms with Gasteiger partial charge in [0.05, 0.1) is 11.4 Å². The van der Waals surface area contributed by atoms with E-state index < -0.39 is 0 Å². The van der Waals surface area contributed by atoms with Crippen molar-refractivity contribution >= 4 is 71.7 Å². The Hall–Kier alpha value is -7.36. The predicted octanol–water partition coefficient (Wildman–Crippen LogP) is 15.1. The molecule has 0 bridgehead atoms. The molecule has 3 nitrogen and oxygen atoms in total. The van der Waals surface area contributed by atoms with E-state index in [2.05, 4.69) is 181 Å². The lowest BCUT2D eigenvalue weighted by molar-refractivity contribution is 0.667. The van der Waals surface area contributed by atoms with Gasteiger partial charge in [-0.15, -0.1) is 0 Å². The fraction of sp³-hybridized carbons (Fsp3) is 0. The summed E-state index contributed by atoms with van der Waals surface area (Å²) in [5.74, 6) is 0. The van der Waals surface area contributed by atoms with E-state index in [9.17, 15) is 0 Å². The topological polar surface area (TPSA) is 29.5 Å². The summed E-state index contributed by atoms with van der Waals surface area (Å²) in [6, 6.07) is 71.0. The van der Waals surface area contributed by atoms with Crippen molar-refractivity contribution in [3.8, 4) is 33.4 Å². The van der Waals surface area contributed by atoms with E-state index in [1.54, 1.807) is 0 Å². The monoisotopic (exact) mass is 703 g/mol. The van der Waals surface area contributed by atoms with Crippen LogP contribution in [0, 0.1) is 0 Å². The average Bonchev–Trinajstić information content (AvgIpc) is 3.82. The first-order valence-electron chi connectivity index (χ1n) is 18.7. The molecule has 0 aliphatic carbocycles. The van der Waals surface area contributed by atoms with E-state index >= 15 is 0 Å². The summed E-state index contributed by atoms with van der Waals surface area (Å²) < 4.78 is 13.2. The summed E-state index contributed by atoms with van der Waals surface area (Å²) in [6.45, 7) is 0. The second-order valence-electron chi connectivity index (χ2n) is 14.1. The van der Waals surface area contributed by atoms with Gasteiger partial charge < -0.3 is 13.7 Å². The molecule has 2 heterocycles. The second kappa shape index (κ2) is 12.6. The van der Waals surface area contributed by atoms with E-state index in [0.29, 0.717) is 0 Å². The SMILES string of the molecule is c1ccc(-c2cc(N(c3ccc(-c4cccc(-c5cccc6ccccc56)c4)cc3)c3ccc4c(c3)oc3ccccc34)c3oc4ccccc4c3c2)cc1. The Morgan fingerprint density at radius 1 is 0.309 bits per heavy atom. The smallest absolute Gasteiger partial charge is 0.159 e. The predicted molar refractivity (Wildman–Crippen MR) is 229 cm³/mol. The molecular weight excluding hydrogens is 671 g/mol. The fourth-order valence-electron chi connectivity index (χ4n) is 8.20. The quantitative estimate of drug-likeness (QED) is 0.173. The number of rotatable bonds is 6. The lowest BCUT2D eigenvalue weighted by Crippen LogP contribution is -2.10. The van der Waals surface area contributed by atoms with Gasteiger partial charge in [0.25, 0.3) is 0 Å². The highest BCUT2D eigenvalue weighted by Crippen LogP contribution is 2.46. The summed E-state index contributed by atoms with van der Waals surface area (Å²) in [7, 11) is 0. The van der Waals surface area contributed by atoms with E-state index in [4.69, 9.17) is 8.83 Å². The molecule has 0 fully saturated rings. The third kappa shape index (κ3) is 5.28. The van der Waals surface area contributed by atoms with Crippen molar-refractivity contribution in [2.45, 2.75) is 0 Å². The zero-order valence-electron chi connectivity index (χ0n) is 29.8. The minimum atomic E-state index is 0.831. The van der Waals surface area contributed by atoms with Gasteiger partial charge in [-0.1, -0.05) is 140 Å². The van der Waals surface area contributed by atoms with Crippen molar-refractivity contribution in [3.05, 3.63) is 200 Å². The van der Waals surface area contributed by atoms with Crippen LogP contribution in [0.15, 0.2) is 209 Å². The van der Waals surface area contributed by atoms with Crippen LogP contribution in [0.25, 0.3) is 88.0 Å². The first-order chi connectivity index (χ1) is 27.2. The van der Waals surface area contributed by atoms with E-state index in [1.165, 1.54) is 21.9 Å². The molecule has 0 saturated heterocycles. The van der Waals surface area contributed by atoms with Crippen LogP contribution in [-0.4, -0.2) is 0 Å². The van der Waals surface area contributed by atoms with Gasteiger partial charge in [0.1, 0.15) is 16.7 Å². The van der Waals surface area contributed by atoms with E-state index in [1.807, 2.05) is 24.3 Å². The molecule has 11 aromatic rings. The average molecular weight is 704 g/mol. The van der Waals surface area contributed by atoms with Gasteiger partial charge >= 0.3 is 0 Å². The summed E-state index contributed by atoms with van der Waals surface area (Å²) in [5.41, 5.74) is 13.3. The Kier molecular flexibility index (Phi) is 7.17. The van der Waals surface area contributed by atoms with Gasteiger partial charge in [0.2, 0.25) is 0 Å². The molecule has 2 aromatic heterocycles. The molecule has 55 heavy (non-hydrogen) atoms. The maximum Gasteiger partial charge on any atom is 0.159 e. The molecule has 0 radical (unpaired) electrons. The van der Waals surface area contributed by atoms with Crippen LogP contribution in [-0.2, 0) is 0 Å². The van der Waals surface area contributed by atoms with Crippen LogP contribution in [0.5, 0.6) is 0 Å². The Balaban J connectivity index is 1.10. The molecule has 0 aliphatic heterocycles. The first kappa shape index (κ1) is 31.2. The maximum absolute atomic E-state index is 6.75. The maximum atomic E-state index is 6.75. The zero-order valence-corrected chi connectivity index (χ0v) is 29.8. The first-order valence-corrected chi connectivity index (χ1v) is 18.7. The van der Waals surface area contributed by atoms with E-state index in [0.717, 1.165) is 83.2 Å². The number of para-hydroxylation sites is 2. The van der Waals surface area contributed by atoms with Crippen molar-refractivity contribution in [1.29, 1.82) is 0 Å². The summed E-state index contributed by atoms with van der Waals surface area (Å²) >= 11 is 0. The Morgan fingerprint density at radius 2 is 0.909 bits per heavy atom. The molecule has 0 atom stereocenters. The fourth-order valence-corrected chi connectivity index (χ4v) is 8.20. The van der Waals surface area contributed by atoms with Crippen molar-refractivity contribution in [2.75, 3.05) is 4.90 Å². The summed E-state index contributed by atoms with van der Waals surface area (Å²) in [4.78, 5) is 2.31. The van der Waals surface area contributed by atoms with Crippen LogP contribution < -0.4 is 4.90 Å². The third-order valence-corrected chi connectivity index (χ3v) is 10.8. The van der Waals surface area contributed by atoms with Gasteiger partial charge in [-0.3, -0.25) is 0 Å². The highest BCUT2D eigenvalue weighted by atomic mass is 16.3. The van der Waals surface area contributed by atoms with Crippen LogP contribution in [0.4, 0.5) is 17.1 Å². The number of fused-ring (bicyclic) bond motifs is 7. The van der Waals surface area contributed by atoms with Gasteiger partial charge in [-0.05, 0) is 98.8 Å². The second-order valence-corrected chi connectivity index (χ2v) is 14.1.